The Morgan fingerprint density at radius 3 is 2.15 bits per heavy atom. The minimum Gasteiger partial charge on any atom is -0.469 e. The smallest absolute Gasteiger partial charge is 0.407 e. The first-order valence-corrected chi connectivity index (χ1v) is 21.1. The summed E-state index contributed by atoms with van der Waals surface area (Å²) < 4.78 is 9.81. The molecule has 3 amide bonds. The van der Waals surface area contributed by atoms with E-state index in [9.17, 15) is 19.2 Å². The van der Waals surface area contributed by atoms with Gasteiger partial charge in [-0.1, -0.05) is 84.9 Å². The molecule has 13 heteroatoms. The summed E-state index contributed by atoms with van der Waals surface area (Å²) in [6.07, 6.45) is 5.01. The molecule has 6 aromatic rings. The van der Waals surface area contributed by atoms with Gasteiger partial charge in [0.1, 0.15) is 11.7 Å². The van der Waals surface area contributed by atoms with E-state index in [2.05, 4.69) is 46.7 Å². The summed E-state index contributed by atoms with van der Waals surface area (Å²) in [6.45, 7) is 1.16. The number of pyridine rings is 2. The molecular weight excluding hydrogens is 783 g/mol. The van der Waals surface area contributed by atoms with Gasteiger partial charge < -0.3 is 29.6 Å². The first-order chi connectivity index (χ1) is 30.3. The Bertz CT molecular complexity index is 2660. The van der Waals surface area contributed by atoms with Gasteiger partial charge in [0.15, 0.2) is 5.82 Å². The van der Waals surface area contributed by atoms with E-state index in [0.29, 0.717) is 30.9 Å². The molecule has 4 atom stereocenters. The van der Waals surface area contributed by atoms with E-state index < -0.39 is 24.0 Å². The number of likely N-dealkylation sites (tertiary alicyclic amines) is 2. The van der Waals surface area contributed by atoms with Crippen molar-refractivity contribution in [3.8, 4) is 22.4 Å². The summed E-state index contributed by atoms with van der Waals surface area (Å²) in [5.74, 6) is -0.656. The molecule has 2 N–H and O–H groups in total. The molecule has 2 saturated heterocycles. The van der Waals surface area contributed by atoms with Crippen LogP contribution in [0.2, 0.25) is 0 Å². The van der Waals surface area contributed by atoms with Crippen LogP contribution in [0.25, 0.3) is 33.4 Å². The number of ether oxygens (including phenoxy) is 2. The molecule has 2 fully saturated rings. The maximum atomic E-state index is 14.1. The molecule has 314 valence electrons. The van der Waals surface area contributed by atoms with Crippen LogP contribution in [-0.2, 0) is 30.3 Å². The van der Waals surface area contributed by atoms with Crippen LogP contribution >= 0.6 is 0 Å². The van der Waals surface area contributed by atoms with Gasteiger partial charge in [0.05, 0.1) is 44.3 Å². The summed E-state index contributed by atoms with van der Waals surface area (Å²) in [5, 5.41) is 3.68. The number of benzene rings is 3. The number of hydrogen-bond donors (Lipinski definition) is 2. The van der Waals surface area contributed by atoms with E-state index in [1.807, 2.05) is 88.8 Å². The Balaban J connectivity index is 0.883. The summed E-state index contributed by atoms with van der Waals surface area (Å²) in [7, 11) is 2.63. The van der Waals surface area contributed by atoms with Gasteiger partial charge in [0.2, 0.25) is 11.8 Å². The SMILES string of the molecule is COC(=O)C[C@@H](C(=O)N1CCC[C@H]1C1=Nc2ncc(-c3ccc(-c4cc5ccc(C6CCCN6C(=O)[C@H](NC(=O)OC)c6ccccc6)nc5[nH]4)cc3)cc2C1)c1ccccc1. The van der Waals surface area contributed by atoms with Crippen LogP contribution in [0.3, 0.4) is 0 Å². The predicted molar refractivity (Wildman–Crippen MR) is 235 cm³/mol. The van der Waals surface area contributed by atoms with Crippen LogP contribution in [0.5, 0.6) is 0 Å². The van der Waals surface area contributed by atoms with Crippen LogP contribution in [0.15, 0.2) is 120 Å². The second-order valence-corrected chi connectivity index (χ2v) is 16.0. The minimum atomic E-state index is -0.883. The zero-order valence-electron chi connectivity index (χ0n) is 34.6. The zero-order valence-corrected chi connectivity index (χ0v) is 34.6. The standard InChI is InChI=1S/C49H47N7O6/c1-61-43(57)28-37(31-11-5-3-6-12-31)47(58)55-23-10-16-42(55)40-27-35-25-36(29-50-45(35)53-40)30-17-19-32(20-18-30)39-26-34-21-22-38(51-46(34)52-39)41-15-9-24-56(41)48(59)44(54-49(60)62-2)33-13-7-4-8-14-33/h3-8,11-14,17-22,25-26,29,37,41-42,44H,9-10,15-16,23-24,27-28H2,1-2H3,(H,51,52)(H,54,60)/t37-,41?,42+,44-/m1/s1. The first kappa shape index (κ1) is 40.3. The van der Waals surface area contributed by atoms with Gasteiger partial charge in [-0.25, -0.2) is 19.8 Å². The van der Waals surface area contributed by atoms with E-state index in [1.54, 1.807) is 0 Å². The third-order valence-electron chi connectivity index (χ3n) is 12.3. The van der Waals surface area contributed by atoms with Gasteiger partial charge >= 0.3 is 12.1 Å². The number of H-pyrrole nitrogens is 1. The summed E-state index contributed by atoms with van der Waals surface area (Å²) in [4.78, 5) is 74.6. The number of carbonyl (C=O) groups is 4. The molecule has 3 aliphatic rings. The second kappa shape index (κ2) is 17.4. The monoisotopic (exact) mass is 829 g/mol. The van der Waals surface area contributed by atoms with Gasteiger partial charge in [-0.2, -0.15) is 0 Å². The molecule has 0 aliphatic carbocycles. The highest BCUT2D eigenvalue weighted by atomic mass is 16.5. The molecule has 1 unspecified atom stereocenters. The molecule has 0 radical (unpaired) electrons. The van der Waals surface area contributed by atoms with Crippen molar-refractivity contribution in [2.75, 3.05) is 27.3 Å². The molecular formula is C49H47N7O6. The van der Waals surface area contributed by atoms with Crippen LogP contribution in [0.4, 0.5) is 10.6 Å². The highest BCUT2D eigenvalue weighted by Crippen LogP contribution is 2.37. The molecule has 3 aliphatic heterocycles. The number of esters is 1. The molecule has 3 aromatic heterocycles. The number of alkyl carbamates (subject to hydrolysis) is 1. The van der Waals surface area contributed by atoms with Crippen molar-refractivity contribution in [2.45, 2.75) is 62.6 Å². The summed E-state index contributed by atoms with van der Waals surface area (Å²) in [5.41, 5.74) is 8.84. The molecule has 0 spiro atoms. The lowest BCUT2D eigenvalue weighted by molar-refractivity contribution is -0.144. The largest absolute Gasteiger partial charge is 0.469 e. The van der Waals surface area contributed by atoms with Crippen molar-refractivity contribution in [3.63, 3.8) is 0 Å². The van der Waals surface area contributed by atoms with E-state index in [0.717, 1.165) is 81.6 Å². The predicted octanol–water partition coefficient (Wildman–Crippen LogP) is 8.02. The zero-order chi connectivity index (χ0) is 42.7. The summed E-state index contributed by atoms with van der Waals surface area (Å²) >= 11 is 0. The second-order valence-electron chi connectivity index (χ2n) is 16.0. The fraction of sp³-hybridized carbons (Fsp3) is 0.286. The quantitative estimate of drug-likeness (QED) is 0.124. The van der Waals surface area contributed by atoms with Crippen molar-refractivity contribution >= 4 is 46.4 Å². The number of aliphatic imine (C=N–C) groups is 1. The molecule has 9 rings (SSSR count). The molecule has 3 aromatic carbocycles. The fourth-order valence-electron chi connectivity index (χ4n) is 9.13. The lowest BCUT2D eigenvalue weighted by Gasteiger charge is -2.29. The number of carbonyl (C=O) groups excluding carboxylic acids is 4. The number of rotatable bonds is 11. The molecule has 6 heterocycles. The Morgan fingerprint density at radius 2 is 1.44 bits per heavy atom. The number of nitrogens with one attached hydrogen (secondary N) is 2. The van der Waals surface area contributed by atoms with Gasteiger partial charge in [0, 0.05) is 53.6 Å². The number of amides is 3. The molecule has 0 bridgehead atoms. The van der Waals surface area contributed by atoms with Crippen LogP contribution in [0, 0.1) is 0 Å². The third-order valence-corrected chi connectivity index (χ3v) is 12.3. The average Bonchev–Trinajstić information content (AvgIpc) is 4.16. The van der Waals surface area contributed by atoms with Crippen molar-refractivity contribution in [2.24, 2.45) is 4.99 Å². The lowest BCUT2D eigenvalue weighted by atomic mass is 9.93. The topological polar surface area (TPSA) is 159 Å². The molecule has 62 heavy (non-hydrogen) atoms. The van der Waals surface area contributed by atoms with E-state index >= 15 is 0 Å². The van der Waals surface area contributed by atoms with E-state index in [-0.39, 0.29) is 30.3 Å². The Labute approximate surface area is 359 Å². The average molecular weight is 830 g/mol. The number of aromatic amines is 1. The number of fused-ring (bicyclic) bond motifs is 2. The van der Waals surface area contributed by atoms with Crippen molar-refractivity contribution < 1.29 is 28.7 Å². The van der Waals surface area contributed by atoms with Crippen molar-refractivity contribution in [1.29, 1.82) is 0 Å². The lowest BCUT2D eigenvalue weighted by Crippen LogP contribution is -2.43. The van der Waals surface area contributed by atoms with Crippen LogP contribution in [-0.4, -0.2) is 87.7 Å². The number of hydrogen-bond acceptors (Lipinski definition) is 9. The highest BCUT2D eigenvalue weighted by Gasteiger charge is 2.39. The maximum Gasteiger partial charge on any atom is 0.407 e. The highest BCUT2D eigenvalue weighted by molar-refractivity contribution is 6.01. The van der Waals surface area contributed by atoms with Gasteiger partial charge in [-0.15, -0.1) is 0 Å². The van der Waals surface area contributed by atoms with Gasteiger partial charge in [-0.3, -0.25) is 14.4 Å². The Kier molecular flexibility index (Phi) is 11.3. The van der Waals surface area contributed by atoms with Crippen LogP contribution < -0.4 is 5.32 Å². The number of nitrogens with zero attached hydrogens (tertiary/aromatic N) is 5. The number of methoxy groups -OCH3 is 2. The first-order valence-electron chi connectivity index (χ1n) is 21.1. The molecule has 13 nitrogen and oxygen atoms in total. The van der Waals surface area contributed by atoms with Crippen molar-refractivity contribution in [3.05, 3.63) is 138 Å². The van der Waals surface area contributed by atoms with Crippen LogP contribution in [0.1, 0.15) is 72.5 Å². The third kappa shape index (κ3) is 8.05. The normalized spacial score (nSPS) is 17.9. The maximum absolute atomic E-state index is 14.1. The Morgan fingerprint density at radius 1 is 0.758 bits per heavy atom. The van der Waals surface area contributed by atoms with Gasteiger partial charge in [-0.05, 0) is 72.2 Å². The minimum absolute atomic E-state index is 0.0180. The molecule has 0 saturated carbocycles. The van der Waals surface area contributed by atoms with E-state index in [4.69, 9.17) is 24.4 Å². The van der Waals surface area contributed by atoms with Gasteiger partial charge in [0.25, 0.3) is 0 Å². The summed E-state index contributed by atoms with van der Waals surface area (Å²) in [6, 6.07) is 33.9. The van der Waals surface area contributed by atoms with E-state index in [1.165, 1.54) is 14.2 Å². The van der Waals surface area contributed by atoms with Crippen molar-refractivity contribution in [1.82, 2.24) is 30.1 Å². The fourth-order valence-corrected chi connectivity index (χ4v) is 9.13. The Hall–Kier alpha value is -7.15. The number of aromatic nitrogens is 3.